The van der Waals surface area contributed by atoms with Crippen LogP contribution >= 0.6 is 0 Å². The van der Waals surface area contributed by atoms with E-state index < -0.39 is 11.8 Å². The van der Waals surface area contributed by atoms with Crippen molar-refractivity contribution in [1.29, 1.82) is 0 Å². The molecule has 0 aliphatic carbocycles. The Morgan fingerprint density at radius 2 is 2.22 bits per heavy atom. The van der Waals surface area contributed by atoms with E-state index in [2.05, 4.69) is 5.32 Å². The molecular formula is C13H12FNO3. The summed E-state index contributed by atoms with van der Waals surface area (Å²) in [6.45, 7) is 1.86. The molecule has 4 nitrogen and oxygen atoms in total. The maximum atomic E-state index is 13.4. The first kappa shape index (κ1) is 12.2. The van der Waals surface area contributed by atoms with Crippen molar-refractivity contribution < 1.29 is 18.7 Å². The molecule has 0 radical (unpaired) electrons. The molecule has 0 saturated heterocycles. The van der Waals surface area contributed by atoms with Crippen molar-refractivity contribution in [2.75, 3.05) is 5.32 Å². The summed E-state index contributed by atoms with van der Waals surface area (Å²) in [7, 11) is 0. The van der Waals surface area contributed by atoms with Gasteiger partial charge in [0.15, 0.2) is 0 Å². The summed E-state index contributed by atoms with van der Waals surface area (Å²) in [4.78, 5) is 10.7. The van der Waals surface area contributed by atoms with Crippen molar-refractivity contribution >= 4 is 11.7 Å². The van der Waals surface area contributed by atoms with Crippen LogP contribution in [-0.4, -0.2) is 11.1 Å². The van der Waals surface area contributed by atoms with Gasteiger partial charge in [0, 0.05) is 5.69 Å². The van der Waals surface area contributed by atoms with Crippen molar-refractivity contribution in [3.63, 3.8) is 0 Å². The van der Waals surface area contributed by atoms with Crippen LogP contribution in [0.2, 0.25) is 0 Å². The molecule has 1 atom stereocenters. The first-order chi connectivity index (χ1) is 8.58. The number of carboxylic acids is 1. The zero-order valence-electron chi connectivity index (χ0n) is 9.68. The SMILES string of the molecule is CC(Nc1ccc(C(=O)O)c(F)c1)c1ccco1. The van der Waals surface area contributed by atoms with Crippen LogP contribution in [0.15, 0.2) is 41.0 Å². The number of benzene rings is 1. The molecule has 2 rings (SSSR count). The quantitative estimate of drug-likeness (QED) is 0.872. The Kier molecular flexibility index (Phi) is 3.32. The number of nitrogens with one attached hydrogen (secondary N) is 1. The van der Waals surface area contributed by atoms with Crippen LogP contribution in [0.4, 0.5) is 10.1 Å². The molecule has 5 heteroatoms. The fourth-order valence-corrected chi connectivity index (χ4v) is 1.64. The van der Waals surface area contributed by atoms with Crippen LogP contribution in [0, 0.1) is 5.82 Å². The Morgan fingerprint density at radius 3 is 2.78 bits per heavy atom. The second kappa shape index (κ2) is 4.91. The highest BCUT2D eigenvalue weighted by Crippen LogP contribution is 2.21. The highest BCUT2D eigenvalue weighted by atomic mass is 19.1. The molecule has 0 fully saturated rings. The first-order valence-electron chi connectivity index (χ1n) is 5.40. The summed E-state index contributed by atoms with van der Waals surface area (Å²) in [6.07, 6.45) is 1.56. The number of hydrogen-bond acceptors (Lipinski definition) is 3. The van der Waals surface area contributed by atoms with E-state index in [0.29, 0.717) is 5.69 Å². The van der Waals surface area contributed by atoms with E-state index in [1.54, 1.807) is 18.4 Å². The van der Waals surface area contributed by atoms with E-state index in [9.17, 15) is 9.18 Å². The lowest BCUT2D eigenvalue weighted by atomic mass is 10.1. The number of rotatable bonds is 4. The Hall–Kier alpha value is -2.30. The molecule has 2 N–H and O–H groups in total. The smallest absolute Gasteiger partial charge is 0.338 e. The number of anilines is 1. The summed E-state index contributed by atoms with van der Waals surface area (Å²) in [5, 5.41) is 11.7. The van der Waals surface area contributed by atoms with Gasteiger partial charge in [-0.1, -0.05) is 0 Å². The lowest BCUT2D eigenvalue weighted by molar-refractivity contribution is 0.0692. The van der Waals surface area contributed by atoms with Crippen LogP contribution in [0.1, 0.15) is 29.1 Å². The van der Waals surface area contributed by atoms with Gasteiger partial charge in [-0.3, -0.25) is 0 Å². The number of aromatic carboxylic acids is 1. The van der Waals surface area contributed by atoms with Gasteiger partial charge in [-0.05, 0) is 37.3 Å². The molecule has 1 aromatic carbocycles. The lowest BCUT2D eigenvalue weighted by Gasteiger charge is -2.13. The fraction of sp³-hybridized carbons (Fsp3) is 0.154. The van der Waals surface area contributed by atoms with Gasteiger partial charge in [0.05, 0.1) is 17.9 Å². The third-order valence-electron chi connectivity index (χ3n) is 2.55. The largest absolute Gasteiger partial charge is 0.478 e. The Balaban J connectivity index is 2.15. The zero-order valence-corrected chi connectivity index (χ0v) is 9.68. The second-order valence-corrected chi connectivity index (χ2v) is 3.88. The molecule has 1 aromatic heterocycles. The van der Waals surface area contributed by atoms with Crippen molar-refractivity contribution in [2.45, 2.75) is 13.0 Å². The standard InChI is InChI=1S/C13H12FNO3/c1-8(12-3-2-6-18-12)15-9-4-5-10(13(16)17)11(14)7-9/h2-8,15H,1H3,(H,16,17). The molecule has 18 heavy (non-hydrogen) atoms. The molecule has 2 aromatic rings. The van der Waals surface area contributed by atoms with Crippen LogP contribution in [0.25, 0.3) is 0 Å². The van der Waals surface area contributed by atoms with Gasteiger partial charge in [0.2, 0.25) is 0 Å². The first-order valence-corrected chi connectivity index (χ1v) is 5.40. The topological polar surface area (TPSA) is 62.5 Å². The summed E-state index contributed by atoms with van der Waals surface area (Å²) >= 11 is 0. The van der Waals surface area contributed by atoms with Crippen LogP contribution in [-0.2, 0) is 0 Å². The van der Waals surface area contributed by atoms with Gasteiger partial charge in [-0.2, -0.15) is 0 Å². The zero-order chi connectivity index (χ0) is 13.1. The third-order valence-corrected chi connectivity index (χ3v) is 2.55. The lowest BCUT2D eigenvalue weighted by Crippen LogP contribution is -2.07. The van der Waals surface area contributed by atoms with E-state index >= 15 is 0 Å². The molecule has 0 aliphatic heterocycles. The Morgan fingerprint density at radius 1 is 1.44 bits per heavy atom. The van der Waals surface area contributed by atoms with Crippen molar-refractivity contribution in [1.82, 2.24) is 0 Å². The van der Waals surface area contributed by atoms with E-state index in [1.165, 1.54) is 12.1 Å². The molecular weight excluding hydrogens is 237 g/mol. The van der Waals surface area contributed by atoms with Gasteiger partial charge in [-0.25, -0.2) is 9.18 Å². The van der Waals surface area contributed by atoms with E-state index in [-0.39, 0.29) is 11.6 Å². The molecule has 0 aliphatic rings. The van der Waals surface area contributed by atoms with Crippen molar-refractivity contribution in [3.05, 3.63) is 53.7 Å². The molecule has 94 valence electrons. The van der Waals surface area contributed by atoms with Crippen molar-refractivity contribution in [2.24, 2.45) is 0 Å². The Bertz CT molecular complexity index is 551. The minimum atomic E-state index is -1.28. The number of halogens is 1. The van der Waals surface area contributed by atoms with E-state index in [0.717, 1.165) is 11.8 Å². The monoisotopic (exact) mass is 249 g/mol. The summed E-state index contributed by atoms with van der Waals surface area (Å²) in [5.41, 5.74) is 0.160. The molecule has 0 spiro atoms. The maximum Gasteiger partial charge on any atom is 0.338 e. The van der Waals surface area contributed by atoms with Crippen molar-refractivity contribution in [3.8, 4) is 0 Å². The summed E-state index contributed by atoms with van der Waals surface area (Å²) in [6, 6.07) is 7.35. The molecule has 1 heterocycles. The Labute approximate surface area is 103 Å². The molecule has 0 bridgehead atoms. The normalized spacial score (nSPS) is 12.1. The fourth-order valence-electron chi connectivity index (χ4n) is 1.64. The minimum Gasteiger partial charge on any atom is -0.478 e. The van der Waals surface area contributed by atoms with Gasteiger partial charge in [0.25, 0.3) is 0 Å². The number of carboxylic acid groups (broad SMARTS) is 1. The maximum absolute atomic E-state index is 13.4. The number of hydrogen-bond donors (Lipinski definition) is 2. The number of carbonyl (C=O) groups is 1. The van der Waals surface area contributed by atoms with Gasteiger partial charge in [0.1, 0.15) is 11.6 Å². The van der Waals surface area contributed by atoms with Gasteiger partial charge < -0.3 is 14.8 Å². The van der Waals surface area contributed by atoms with Crippen LogP contribution in [0.5, 0.6) is 0 Å². The van der Waals surface area contributed by atoms with E-state index in [1.807, 2.05) is 6.92 Å². The van der Waals surface area contributed by atoms with Gasteiger partial charge >= 0.3 is 5.97 Å². The average Bonchev–Trinajstić information content (AvgIpc) is 2.81. The summed E-state index contributed by atoms with van der Waals surface area (Å²) < 4.78 is 18.7. The highest BCUT2D eigenvalue weighted by molar-refractivity contribution is 5.88. The predicted octanol–water partition coefficient (Wildman–Crippen LogP) is 3.29. The summed E-state index contributed by atoms with van der Waals surface area (Å²) in [5.74, 6) is -1.32. The van der Waals surface area contributed by atoms with Crippen LogP contribution < -0.4 is 5.32 Å². The highest BCUT2D eigenvalue weighted by Gasteiger charge is 2.12. The molecule has 0 amide bonds. The predicted molar refractivity (Wildman–Crippen MR) is 64.1 cm³/mol. The average molecular weight is 249 g/mol. The minimum absolute atomic E-state index is 0.130. The number of furan rings is 1. The second-order valence-electron chi connectivity index (χ2n) is 3.88. The van der Waals surface area contributed by atoms with E-state index in [4.69, 9.17) is 9.52 Å². The van der Waals surface area contributed by atoms with Gasteiger partial charge in [-0.15, -0.1) is 0 Å². The third kappa shape index (κ3) is 2.51. The molecule has 0 saturated carbocycles. The van der Waals surface area contributed by atoms with Crippen LogP contribution in [0.3, 0.4) is 0 Å². The molecule has 1 unspecified atom stereocenters.